The molecule has 0 aliphatic heterocycles. The van der Waals surface area contributed by atoms with Crippen LogP contribution in [0.3, 0.4) is 0 Å². The van der Waals surface area contributed by atoms with Crippen LogP contribution in [0.2, 0.25) is 0 Å². The number of rotatable bonds is 5. The molecular formula is C19H21FN2O2. The van der Waals surface area contributed by atoms with Gasteiger partial charge >= 0.3 is 0 Å². The van der Waals surface area contributed by atoms with Crippen LogP contribution in [0.25, 0.3) is 16.8 Å². The molecule has 2 aromatic heterocycles. The molecule has 2 heterocycles. The van der Waals surface area contributed by atoms with Crippen molar-refractivity contribution in [3.05, 3.63) is 47.7 Å². The number of ether oxygens (including phenoxy) is 2. The van der Waals surface area contributed by atoms with Gasteiger partial charge in [0.1, 0.15) is 23.0 Å². The summed E-state index contributed by atoms with van der Waals surface area (Å²) in [6.45, 7) is 3.87. The maximum absolute atomic E-state index is 14.4. The number of aromatic nitrogens is 2. The predicted molar refractivity (Wildman–Crippen MR) is 92.4 cm³/mol. The fraction of sp³-hybridized carbons (Fsp3) is 0.316. The van der Waals surface area contributed by atoms with E-state index in [9.17, 15) is 4.39 Å². The van der Waals surface area contributed by atoms with E-state index in [1.807, 2.05) is 12.1 Å². The van der Waals surface area contributed by atoms with Crippen molar-refractivity contribution in [2.45, 2.75) is 26.7 Å². The monoisotopic (exact) mass is 328 g/mol. The number of hydrogen-bond acceptors (Lipinski definition) is 3. The fourth-order valence-electron chi connectivity index (χ4n) is 3.06. The van der Waals surface area contributed by atoms with Crippen LogP contribution in [-0.4, -0.2) is 23.6 Å². The SMILES string of the molecule is CCCc1cc(OC)c(-c2c(C)c(F)cn3ccnc23)c(OC)c1. The van der Waals surface area contributed by atoms with Gasteiger partial charge in [0, 0.05) is 24.2 Å². The van der Waals surface area contributed by atoms with E-state index in [1.165, 1.54) is 6.20 Å². The molecule has 24 heavy (non-hydrogen) atoms. The van der Waals surface area contributed by atoms with Crippen LogP contribution in [-0.2, 0) is 6.42 Å². The number of nitrogens with zero attached hydrogens (tertiary/aromatic N) is 2. The van der Waals surface area contributed by atoms with Crippen LogP contribution in [0, 0.1) is 12.7 Å². The highest BCUT2D eigenvalue weighted by Gasteiger charge is 2.22. The summed E-state index contributed by atoms with van der Waals surface area (Å²) in [6, 6.07) is 3.98. The summed E-state index contributed by atoms with van der Waals surface area (Å²) < 4.78 is 27.3. The molecule has 0 fully saturated rings. The molecule has 0 saturated carbocycles. The lowest BCUT2D eigenvalue weighted by Crippen LogP contribution is -2.01. The van der Waals surface area contributed by atoms with E-state index in [2.05, 4.69) is 11.9 Å². The summed E-state index contributed by atoms with van der Waals surface area (Å²) in [5.74, 6) is 1.03. The molecule has 1 aromatic carbocycles. The Bertz CT molecular complexity index is 861. The van der Waals surface area contributed by atoms with E-state index in [-0.39, 0.29) is 5.82 Å². The van der Waals surface area contributed by atoms with Gasteiger partial charge < -0.3 is 13.9 Å². The molecule has 0 aliphatic carbocycles. The number of benzene rings is 1. The largest absolute Gasteiger partial charge is 0.496 e. The Morgan fingerprint density at radius 3 is 2.38 bits per heavy atom. The molecule has 0 unspecified atom stereocenters. The zero-order valence-corrected chi connectivity index (χ0v) is 14.4. The summed E-state index contributed by atoms with van der Waals surface area (Å²) in [6.07, 6.45) is 6.77. The van der Waals surface area contributed by atoms with E-state index in [0.29, 0.717) is 28.3 Å². The molecule has 0 saturated heterocycles. The maximum Gasteiger partial charge on any atom is 0.145 e. The standard InChI is InChI=1S/C19H21FN2O2/c1-5-6-13-9-15(23-3)18(16(10-13)24-4)17-12(2)14(20)11-22-8-7-21-19(17)22/h7-11H,5-6H2,1-4H3. The number of methoxy groups -OCH3 is 2. The van der Waals surface area contributed by atoms with Crippen LogP contribution in [0.15, 0.2) is 30.7 Å². The van der Waals surface area contributed by atoms with Crippen LogP contribution in [0.4, 0.5) is 4.39 Å². The summed E-state index contributed by atoms with van der Waals surface area (Å²) in [7, 11) is 3.23. The van der Waals surface area contributed by atoms with Gasteiger partial charge in [-0.2, -0.15) is 0 Å². The molecule has 3 aromatic rings. The summed E-state index contributed by atoms with van der Waals surface area (Å²) in [4.78, 5) is 4.39. The topological polar surface area (TPSA) is 35.8 Å². The molecular weight excluding hydrogens is 307 g/mol. The number of imidazole rings is 1. The lowest BCUT2D eigenvalue weighted by molar-refractivity contribution is 0.396. The van der Waals surface area contributed by atoms with Gasteiger partial charge in [0.05, 0.1) is 19.8 Å². The van der Waals surface area contributed by atoms with E-state index in [1.54, 1.807) is 37.9 Å². The third-order valence-electron chi connectivity index (χ3n) is 4.23. The van der Waals surface area contributed by atoms with Crippen LogP contribution in [0.5, 0.6) is 11.5 Å². The second-order valence-corrected chi connectivity index (χ2v) is 5.76. The van der Waals surface area contributed by atoms with E-state index in [4.69, 9.17) is 9.47 Å². The number of halogens is 1. The lowest BCUT2D eigenvalue weighted by atomic mass is 9.96. The highest BCUT2D eigenvalue weighted by atomic mass is 19.1. The highest BCUT2D eigenvalue weighted by Crippen LogP contribution is 2.43. The average Bonchev–Trinajstić information content (AvgIpc) is 3.03. The van der Waals surface area contributed by atoms with Gasteiger partial charge in [-0.05, 0) is 36.6 Å². The molecule has 0 amide bonds. The van der Waals surface area contributed by atoms with Crippen molar-refractivity contribution in [2.24, 2.45) is 0 Å². The van der Waals surface area contributed by atoms with Crippen molar-refractivity contribution in [1.82, 2.24) is 9.38 Å². The fourth-order valence-corrected chi connectivity index (χ4v) is 3.06. The van der Waals surface area contributed by atoms with Gasteiger partial charge in [0.15, 0.2) is 0 Å². The highest BCUT2D eigenvalue weighted by molar-refractivity contribution is 5.88. The number of fused-ring (bicyclic) bond motifs is 1. The molecule has 0 N–H and O–H groups in total. The quantitative estimate of drug-likeness (QED) is 0.695. The first kappa shape index (κ1) is 16.3. The molecule has 0 bridgehead atoms. The van der Waals surface area contributed by atoms with Crippen molar-refractivity contribution in [2.75, 3.05) is 14.2 Å². The van der Waals surface area contributed by atoms with Gasteiger partial charge in [-0.25, -0.2) is 9.37 Å². The number of aryl methyl sites for hydroxylation is 1. The zero-order valence-electron chi connectivity index (χ0n) is 14.4. The first-order chi connectivity index (χ1) is 11.6. The van der Waals surface area contributed by atoms with Gasteiger partial charge in [0.2, 0.25) is 0 Å². The molecule has 0 spiro atoms. The Kier molecular flexibility index (Phi) is 4.42. The Morgan fingerprint density at radius 1 is 1.12 bits per heavy atom. The van der Waals surface area contributed by atoms with Crippen LogP contribution >= 0.6 is 0 Å². The minimum Gasteiger partial charge on any atom is -0.496 e. The van der Waals surface area contributed by atoms with Crippen molar-refractivity contribution in [3.63, 3.8) is 0 Å². The van der Waals surface area contributed by atoms with E-state index < -0.39 is 0 Å². The minimum absolute atomic E-state index is 0.294. The molecule has 0 aliphatic rings. The Hall–Kier alpha value is -2.56. The Balaban J connectivity index is 2.37. The van der Waals surface area contributed by atoms with Crippen molar-refractivity contribution in [1.29, 1.82) is 0 Å². The second-order valence-electron chi connectivity index (χ2n) is 5.76. The third kappa shape index (κ3) is 2.60. The second kappa shape index (κ2) is 6.51. The van der Waals surface area contributed by atoms with Gasteiger partial charge in [-0.1, -0.05) is 13.3 Å². The number of pyridine rings is 1. The summed E-state index contributed by atoms with van der Waals surface area (Å²) in [5, 5.41) is 0. The smallest absolute Gasteiger partial charge is 0.145 e. The molecule has 5 heteroatoms. The predicted octanol–water partition coefficient (Wildman–Crippen LogP) is 4.42. The van der Waals surface area contributed by atoms with Crippen molar-refractivity contribution in [3.8, 4) is 22.6 Å². The van der Waals surface area contributed by atoms with Gasteiger partial charge in [-0.3, -0.25) is 0 Å². The van der Waals surface area contributed by atoms with E-state index in [0.717, 1.165) is 24.0 Å². The van der Waals surface area contributed by atoms with Gasteiger partial charge in [-0.15, -0.1) is 0 Å². The van der Waals surface area contributed by atoms with Crippen molar-refractivity contribution >= 4 is 5.65 Å². The Labute approximate surface area is 140 Å². The van der Waals surface area contributed by atoms with Gasteiger partial charge in [0.25, 0.3) is 0 Å². The normalized spacial score (nSPS) is 11.0. The molecule has 0 atom stereocenters. The summed E-state index contributed by atoms with van der Waals surface area (Å²) >= 11 is 0. The average molecular weight is 328 g/mol. The first-order valence-electron chi connectivity index (χ1n) is 7.97. The number of hydrogen-bond donors (Lipinski definition) is 0. The third-order valence-corrected chi connectivity index (χ3v) is 4.23. The lowest BCUT2D eigenvalue weighted by Gasteiger charge is -2.18. The van der Waals surface area contributed by atoms with E-state index >= 15 is 0 Å². The zero-order chi connectivity index (χ0) is 17.3. The van der Waals surface area contributed by atoms with Crippen LogP contribution in [0.1, 0.15) is 24.5 Å². The Morgan fingerprint density at radius 2 is 1.79 bits per heavy atom. The molecule has 126 valence electrons. The molecule has 0 radical (unpaired) electrons. The maximum atomic E-state index is 14.4. The minimum atomic E-state index is -0.294. The van der Waals surface area contributed by atoms with Crippen molar-refractivity contribution < 1.29 is 13.9 Å². The van der Waals surface area contributed by atoms with Crippen LogP contribution < -0.4 is 9.47 Å². The first-order valence-corrected chi connectivity index (χ1v) is 7.97. The summed E-state index contributed by atoms with van der Waals surface area (Å²) in [5.41, 5.74) is 3.75. The molecule has 3 rings (SSSR count). The molecule has 4 nitrogen and oxygen atoms in total.